The summed E-state index contributed by atoms with van der Waals surface area (Å²) in [6.07, 6.45) is -2.17. The SMILES string of the molecule is CCOC(=O)C(F)[C@@H](N)c1ccc(F)c(Cl)c1O.Cl. The third kappa shape index (κ3) is 3.92. The minimum atomic E-state index is -2.17. The first-order valence-corrected chi connectivity index (χ1v) is 5.51. The molecule has 19 heavy (non-hydrogen) atoms. The van der Waals surface area contributed by atoms with E-state index < -0.39 is 34.8 Å². The summed E-state index contributed by atoms with van der Waals surface area (Å²) >= 11 is 5.45. The first-order chi connectivity index (χ1) is 8.40. The highest BCUT2D eigenvalue weighted by Crippen LogP contribution is 2.34. The van der Waals surface area contributed by atoms with E-state index in [9.17, 15) is 18.7 Å². The number of hydrogen-bond donors (Lipinski definition) is 2. The number of nitrogens with two attached hydrogens (primary N) is 1. The topological polar surface area (TPSA) is 72.5 Å². The van der Waals surface area contributed by atoms with Crippen LogP contribution in [0.4, 0.5) is 8.78 Å². The van der Waals surface area contributed by atoms with Crippen molar-refractivity contribution in [1.82, 2.24) is 0 Å². The van der Waals surface area contributed by atoms with Gasteiger partial charge in [-0.1, -0.05) is 17.7 Å². The van der Waals surface area contributed by atoms with Crippen molar-refractivity contribution < 1.29 is 23.4 Å². The number of benzene rings is 1. The number of alkyl halides is 1. The molecule has 1 rings (SSSR count). The highest BCUT2D eigenvalue weighted by Gasteiger charge is 2.30. The number of carbonyl (C=O) groups excluding carboxylic acids is 1. The molecule has 3 N–H and O–H groups in total. The van der Waals surface area contributed by atoms with E-state index >= 15 is 0 Å². The van der Waals surface area contributed by atoms with Crippen molar-refractivity contribution >= 4 is 30.0 Å². The van der Waals surface area contributed by atoms with Gasteiger partial charge in [0, 0.05) is 5.56 Å². The molecule has 1 aromatic rings. The van der Waals surface area contributed by atoms with Crippen LogP contribution in [0.5, 0.6) is 5.75 Å². The monoisotopic (exact) mass is 315 g/mol. The Kier molecular flexibility index (Phi) is 7.04. The summed E-state index contributed by atoms with van der Waals surface area (Å²) in [4.78, 5) is 11.2. The Labute approximate surface area is 119 Å². The van der Waals surface area contributed by atoms with Gasteiger partial charge in [0.1, 0.15) is 16.6 Å². The van der Waals surface area contributed by atoms with E-state index in [1.54, 1.807) is 0 Å². The van der Waals surface area contributed by atoms with Gasteiger partial charge >= 0.3 is 5.97 Å². The predicted octanol–water partition coefficient (Wildman–Crippen LogP) is 2.51. The fourth-order valence-electron chi connectivity index (χ4n) is 1.35. The molecular formula is C11H13Cl2F2NO3. The number of aromatic hydroxyl groups is 1. The van der Waals surface area contributed by atoms with Crippen LogP contribution in [0.1, 0.15) is 18.5 Å². The van der Waals surface area contributed by atoms with Gasteiger partial charge in [0.25, 0.3) is 0 Å². The zero-order chi connectivity index (χ0) is 13.9. The average molecular weight is 316 g/mol. The first kappa shape index (κ1) is 17.9. The summed E-state index contributed by atoms with van der Waals surface area (Å²) in [6.45, 7) is 1.52. The molecule has 0 aliphatic carbocycles. The Bertz CT molecular complexity index is 460. The zero-order valence-electron chi connectivity index (χ0n) is 9.90. The van der Waals surface area contributed by atoms with Crippen LogP contribution in [-0.2, 0) is 9.53 Å². The van der Waals surface area contributed by atoms with Gasteiger partial charge in [0.15, 0.2) is 0 Å². The van der Waals surface area contributed by atoms with Gasteiger partial charge in [-0.2, -0.15) is 0 Å². The summed E-state index contributed by atoms with van der Waals surface area (Å²) in [7, 11) is 0. The summed E-state index contributed by atoms with van der Waals surface area (Å²) in [5.41, 5.74) is 5.31. The van der Waals surface area contributed by atoms with Crippen LogP contribution >= 0.6 is 24.0 Å². The normalized spacial score (nSPS) is 13.3. The Morgan fingerprint density at radius 2 is 2.16 bits per heavy atom. The van der Waals surface area contributed by atoms with Crippen LogP contribution in [-0.4, -0.2) is 23.9 Å². The molecule has 1 aromatic carbocycles. The minimum absolute atomic E-state index is 0. The second-order valence-electron chi connectivity index (χ2n) is 3.48. The quantitative estimate of drug-likeness (QED) is 0.837. The number of halogens is 4. The molecule has 0 fully saturated rings. The van der Waals surface area contributed by atoms with E-state index in [0.29, 0.717) is 0 Å². The van der Waals surface area contributed by atoms with Crippen LogP contribution in [0.2, 0.25) is 5.02 Å². The minimum Gasteiger partial charge on any atom is -0.506 e. The number of phenols is 1. The molecule has 8 heteroatoms. The molecule has 0 heterocycles. The lowest BCUT2D eigenvalue weighted by molar-refractivity contribution is -0.149. The van der Waals surface area contributed by atoms with E-state index in [-0.39, 0.29) is 24.6 Å². The molecule has 0 saturated heterocycles. The molecule has 0 radical (unpaired) electrons. The largest absolute Gasteiger partial charge is 0.506 e. The molecule has 0 aliphatic rings. The number of esters is 1. The Morgan fingerprint density at radius 3 is 2.68 bits per heavy atom. The lowest BCUT2D eigenvalue weighted by Gasteiger charge is -2.17. The van der Waals surface area contributed by atoms with Gasteiger partial charge in [0.05, 0.1) is 12.6 Å². The number of hydrogen-bond acceptors (Lipinski definition) is 4. The third-order valence-corrected chi connectivity index (χ3v) is 2.65. The van der Waals surface area contributed by atoms with E-state index in [1.165, 1.54) is 6.92 Å². The van der Waals surface area contributed by atoms with Gasteiger partial charge in [-0.05, 0) is 13.0 Å². The maximum atomic E-state index is 13.6. The van der Waals surface area contributed by atoms with Crippen LogP contribution in [0.15, 0.2) is 12.1 Å². The summed E-state index contributed by atoms with van der Waals surface area (Å²) in [6, 6.07) is 0.504. The van der Waals surface area contributed by atoms with Crippen molar-refractivity contribution in [2.45, 2.75) is 19.1 Å². The highest BCUT2D eigenvalue weighted by atomic mass is 35.5. The summed E-state index contributed by atoms with van der Waals surface area (Å²) in [5.74, 6) is -2.70. The molecule has 0 bridgehead atoms. The first-order valence-electron chi connectivity index (χ1n) is 5.13. The highest BCUT2D eigenvalue weighted by molar-refractivity contribution is 6.32. The fourth-order valence-corrected chi connectivity index (χ4v) is 1.52. The maximum absolute atomic E-state index is 13.6. The predicted molar refractivity (Wildman–Crippen MR) is 68.8 cm³/mol. The van der Waals surface area contributed by atoms with E-state index in [4.69, 9.17) is 17.3 Å². The van der Waals surface area contributed by atoms with Crippen LogP contribution in [0.3, 0.4) is 0 Å². The van der Waals surface area contributed by atoms with Crippen molar-refractivity contribution in [2.24, 2.45) is 5.73 Å². The van der Waals surface area contributed by atoms with Crippen molar-refractivity contribution in [3.63, 3.8) is 0 Å². The smallest absolute Gasteiger partial charge is 0.342 e. The second kappa shape index (κ2) is 7.47. The molecule has 2 atom stereocenters. The summed E-state index contributed by atoms with van der Waals surface area (Å²) in [5, 5.41) is 8.97. The van der Waals surface area contributed by atoms with E-state index in [1.807, 2.05) is 0 Å². The molecule has 1 unspecified atom stereocenters. The molecule has 0 aromatic heterocycles. The molecule has 0 spiro atoms. The van der Waals surface area contributed by atoms with Gasteiger partial charge in [-0.3, -0.25) is 0 Å². The number of rotatable bonds is 4. The second-order valence-corrected chi connectivity index (χ2v) is 3.86. The van der Waals surface area contributed by atoms with Gasteiger partial charge in [-0.25, -0.2) is 13.6 Å². The fraction of sp³-hybridized carbons (Fsp3) is 0.364. The van der Waals surface area contributed by atoms with Gasteiger partial charge < -0.3 is 15.6 Å². The molecule has 4 nitrogen and oxygen atoms in total. The number of carbonyl (C=O) groups is 1. The van der Waals surface area contributed by atoms with Gasteiger partial charge in [-0.15, -0.1) is 12.4 Å². The van der Waals surface area contributed by atoms with Crippen LogP contribution in [0, 0.1) is 5.82 Å². The van der Waals surface area contributed by atoms with E-state index in [0.717, 1.165) is 12.1 Å². The van der Waals surface area contributed by atoms with Crippen molar-refractivity contribution in [3.05, 3.63) is 28.5 Å². The van der Waals surface area contributed by atoms with Crippen molar-refractivity contribution in [3.8, 4) is 5.75 Å². The Morgan fingerprint density at radius 1 is 1.58 bits per heavy atom. The van der Waals surface area contributed by atoms with Crippen LogP contribution < -0.4 is 5.73 Å². The molecule has 0 aliphatic heterocycles. The molecule has 0 saturated carbocycles. The third-order valence-electron chi connectivity index (χ3n) is 2.29. The van der Waals surface area contributed by atoms with Crippen molar-refractivity contribution in [1.29, 1.82) is 0 Å². The Hall–Kier alpha value is -1.11. The Balaban J connectivity index is 0.00000324. The lowest BCUT2D eigenvalue weighted by atomic mass is 10.0. The maximum Gasteiger partial charge on any atom is 0.342 e. The van der Waals surface area contributed by atoms with E-state index in [2.05, 4.69) is 4.74 Å². The lowest BCUT2D eigenvalue weighted by Crippen LogP contribution is -2.31. The standard InChI is InChI=1S/C11H12ClF2NO3.ClH/c1-2-18-11(17)8(14)9(15)5-3-4-6(13)7(12)10(5)16;/h3-4,8-9,16H,2,15H2,1H3;1H/t8?,9-;/m0./s1. The molecular weight excluding hydrogens is 303 g/mol. The van der Waals surface area contributed by atoms with Crippen molar-refractivity contribution in [2.75, 3.05) is 6.61 Å². The molecule has 108 valence electrons. The van der Waals surface area contributed by atoms with Crippen LogP contribution in [0.25, 0.3) is 0 Å². The average Bonchev–Trinajstić information content (AvgIpc) is 2.35. The zero-order valence-corrected chi connectivity index (χ0v) is 11.5. The molecule has 0 amide bonds. The number of phenolic OH excluding ortho intramolecular Hbond substituents is 1. The summed E-state index contributed by atoms with van der Waals surface area (Å²) < 4.78 is 31.1. The number of ether oxygens (including phenoxy) is 1. The van der Waals surface area contributed by atoms with Gasteiger partial charge in [0.2, 0.25) is 6.17 Å².